The molecule has 0 radical (unpaired) electrons. The second-order valence-electron chi connectivity index (χ2n) is 5.65. The summed E-state index contributed by atoms with van der Waals surface area (Å²) in [5, 5.41) is 7.58. The summed E-state index contributed by atoms with van der Waals surface area (Å²) in [5.74, 6) is 1.08. The van der Waals surface area contributed by atoms with Crippen LogP contribution in [0.2, 0.25) is 0 Å². The fourth-order valence-electron chi connectivity index (χ4n) is 2.93. The van der Waals surface area contributed by atoms with Crippen LogP contribution in [0.1, 0.15) is 44.4 Å². The molecular weight excluding hydrogens is 236 g/mol. The van der Waals surface area contributed by atoms with Gasteiger partial charge in [-0.3, -0.25) is 5.41 Å². The maximum Gasteiger partial charge on any atom is 0.129 e. The van der Waals surface area contributed by atoms with Crippen LogP contribution in [0.5, 0.6) is 0 Å². The SMILES string of the molecule is CCC1(CC)CCN(c2cc(C(=N)N)cc(C)n2)C1. The van der Waals surface area contributed by atoms with Crippen molar-refractivity contribution in [1.82, 2.24) is 4.98 Å². The third kappa shape index (κ3) is 2.72. The van der Waals surface area contributed by atoms with Crippen LogP contribution in [0.3, 0.4) is 0 Å². The molecule has 1 aliphatic heterocycles. The maximum absolute atomic E-state index is 7.58. The first kappa shape index (κ1) is 13.8. The first-order chi connectivity index (χ1) is 8.99. The summed E-state index contributed by atoms with van der Waals surface area (Å²) in [5.41, 5.74) is 7.72. The van der Waals surface area contributed by atoms with E-state index in [4.69, 9.17) is 11.1 Å². The van der Waals surface area contributed by atoms with E-state index in [1.54, 1.807) is 0 Å². The number of hydrogen-bond acceptors (Lipinski definition) is 3. The van der Waals surface area contributed by atoms with Gasteiger partial charge in [0.25, 0.3) is 0 Å². The third-order valence-electron chi connectivity index (χ3n) is 4.51. The van der Waals surface area contributed by atoms with E-state index >= 15 is 0 Å². The average molecular weight is 260 g/mol. The molecule has 0 bridgehead atoms. The minimum absolute atomic E-state index is 0.114. The molecule has 0 unspecified atom stereocenters. The summed E-state index contributed by atoms with van der Waals surface area (Å²) in [6.45, 7) is 8.62. The lowest BCUT2D eigenvalue weighted by molar-refractivity contribution is 0.301. The first-order valence-electron chi connectivity index (χ1n) is 7.08. The topological polar surface area (TPSA) is 66.0 Å². The summed E-state index contributed by atoms with van der Waals surface area (Å²) >= 11 is 0. The van der Waals surface area contributed by atoms with Crippen molar-refractivity contribution in [2.75, 3.05) is 18.0 Å². The van der Waals surface area contributed by atoms with Gasteiger partial charge in [0, 0.05) is 24.3 Å². The zero-order valence-corrected chi connectivity index (χ0v) is 12.2. The average Bonchev–Trinajstić information content (AvgIpc) is 2.83. The Labute approximate surface area is 115 Å². The van der Waals surface area contributed by atoms with Crippen LogP contribution in [0.4, 0.5) is 5.82 Å². The lowest BCUT2D eigenvalue weighted by Crippen LogP contribution is -2.27. The highest BCUT2D eigenvalue weighted by molar-refractivity contribution is 5.95. The molecule has 1 aromatic heterocycles. The number of aromatic nitrogens is 1. The van der Waals surface area contributed by atoms with Gasteiger partial charge in [-0.1, -0.05) is 13.8 Å². The van der Waals surface area contributed by atoms with Crippen molar-refractivity contribution in [2.24, 2.45) is 11.1 Å². The Hall–Kier alpha value is -1.58. The van der Waals surface area contributed by atoms with Gasteiger partial charge in [0.2, 0.25) is 0 Å². The third-order valence-corrected chi connectivity index (χ3v) is 4.51. The van der Waals surface area contributed by atoms with Crippen molar-refractivity contribution in [3.63, 3.8) is 0 Å². The molecule has 0 saturated carbocycles. The molecule has 104 valence electrons. The molecule has 1 saturated heterocycles. The summed E-state index contributed by atoms with van der Waals surface area (Å²) in [6, 6.07) is 3.81. The molecule has 2 heterocycles. The van der Waals surface area contributed by atoms with Gasteiger partial charge in [-0.2, -0.15) is 0 Å². The van der Waals surface area contributed by atoms with E-state index in [-0.39, 0.29) is 5.84 Å². The lowest BCUT2D eigenvalue weighted by Gasteiger charge is -2.27. The summed E-state index contributed by atoms with van der Waals surface area (Å²) < 4.78 is 0. The molecule has 3 N–H and O–H groups in total. The van der Waals surface area contributed by atoms with Crippen LogP contribution in [0.25, 0.3) is 0 Å². The Morgan fingerprint density at radius 2 is 2.11 bits per heavy atom. The molecular formula is C15H24N4. The Balaban J connectivity index is 2.26. The van der Waals surface area contributed by atoms with Crippen molar-refractivity contribution < 1.29 is 0 Å². The highest BCUT2D eigenvalue weighted by Crippen LogP contribution is 2.38. The van der Waals surface area contributed by atoms with E-state index in [2.05, 4.69) is 23.7 Å². The number of nitrogens with two attached hydrogens (primary N) is 1. The highest BCUT2D eigenvalue weighted by atomic mass is 15.2. The van der Waals surface area contributed by atoms with Crippen LogP contribution in [0, 0.1) is 17.7 Å². The number of nitrogens with zero attached hydrogens (tertiary/aromatic N) is 2. The minimum atomic E-state index is 0.114. The fraction of sp³-hybridized carbons (Fsp3) is 0.600. The zero-order valence-electron chi connectivity index (χ0n) is 12.2. The van der Waals surface area contributed by atoms with Crippen molar-refractivity contribution in [3.05, 3.63) is 23.4 Å². The number of aryl methyl sites for hydroxylation is 1. The van der Waals surface area contributed by atoms with Gasteiger partial charge in [-0.25, -0.2) is 4.98 Å². The molecule has 2 rings (SSSR count). The maximum atomic E-state index is 7.58. The number of nitrogens with one attached hydrogen (secondary N) is 1. The van der Waals surface area contributed by atoms with E-state index < -0.39 is 0 Å². The van der Waals surface area contributed by atoms with Crippen LogP contribution in [-0.2, 0) is 0 Å². The van der Waals surface area contributed by atoms with Gasteiger partial charge in [0.1, 0.15) is 11.7 Å². The fourth-order valence-corrected chi connectivity index (χ4v) is 2.93. The molecule has 4 nitrogen and oxygen atoms in total. The van der Waals surface area contributed by atoms with E-state index in [1.165, 1.54) is 19.3 Å². The largest absolute Gasteiger partial charge is 0.384 e. The lowest BCUT2D eigenvalue weighted by atomic mass is 9.82. The number of rotatable bonds is 4. The highest BCUT2D eigenvalue weighted by Gasteiger charge is 2.35. The van der Waals surface area contributed by atoms with Crippen LogP contribution in [0.15, 0.2) is 12.1 Å². The molecule has 0 aromatic carbocycles. The first-order valence-corrected chi connectivity index (χ1v) is 7.08. The predicted octanol–water partition coefficient (Wildman–Crippen LogP) is 2.69. The zero-order chi connectivity index (χ0) is 14.0. The number of nitrogen functional groups attached to an aromatic ring is 1. The van der Waals surface area contributed by atoms with Crippen LogP contribution >= 0.6 is 0 Å². The molecule has 0 amide bonds. The molecule has 1 aliphatic rings. The molecule has 0 spiro atoms. The monoisotopic (exact) mass is 260 g/mol. The van der Waals surface area contributed by atoms with E-state index in [9.17, 15) is 0 Å². The molecule has 0 atom stereocenters. The Kier molecular flexibility index (Phi) is 3.78. The second-order valence-corrected chi connectivity index (χ2v) is 5.65. The Morgan fingerprint density at radius 1 is 1.42 bits per heavy atom. The second kappa shape index (κ2) is 5.19. The predicted molar refractivity (Wildman–Crippen MR) is 79.8 cm³/mol. The number of anilines is 1. The molecule has 1 aromatic rings. The number of pyridine rings is 1. The molecule has 1 fully saturated rings. The van der Waals surface area contributed by atoms with Gasteiger partial charge in [-0.15, -0.1) is 0 Å². The van der Waals surface area contributed by atoms with Gasteiger partial charge in [0.15, 0.2) is 0 Å². The van der Waals surface area contributed by atoms with Crippen molar-refractivity contribution in [1.29, 1.82) is 5.41 Å². The summed E-state index contributed by atoms with van der Waals surface area (Å²) in [4.78, 5) is 6.95. The summed E-state index contributed by atoms with van der Waals surface area (Å²) in [6.07, 6.45) is 3.65. The van der Waals surface area contributed by atoms with Gasteiger partial charge < -0.3 is 10.6 Å². The molecule has 0 aliphatic carbocycles. The number of amidine groups is 1. The Bertz CT molecular complexity index is 477. The smallest absolute Gasteiger partial charge is 0.129 e. The van der Waals surface area contributed by atoms with Crippen LogP contribution < -0.4 is 10.6 Å². The van der Waals surface area contributed by atoms with Crippen LogP contribution in [-0.4, -0.2) is 23.9 Å². The van der Waals surface area contributed by atoms with Gasteiger partial charge >= 0.3 is 0 Å². The minimum Gasteiger partial charge on any atom is -0.384 e. The molecule has 4 heteroatoms. The van der Waals surface area contributed by atoms with E-state index in [0.29, 0.717) is 5.41 Å². The van der Waals surface area contributed by atoms with Crippen molar-refractivity contribution >= 4 is 11.7 Å². The number of hydrogen-bond donors (Lipinski definition) is 2. The van der Waals surface area contributed by atoms with Crippen molar-refractivity contribution in [2.45, 2.75) is 40.0 Å². The van der Waals surface area contributed by atoms with Gasteiger partial charge in [-0.05, 0) is 43.7 Å². The van der Waals surface area contributed by atoms with Crippen molar-refractivity contribution in [3.8, 4) is 0 Å². The normalized spacial score (nSPS) is 17.7. The Morgan fingerprint density at radius 3 is 2.63 bits per heavy atom. The van der Waals surface area contributed by atoms with E-state index in [0.717, 1.165) is 30.2 Å². The van der Waals surface area contributed by atoms with E-state index in [1.807, 2.05) is 19.1 Å². The standard InChI is InChI=1S/C15H24N4/c1-4-15(5-2)6-7-19(10-15)13-9-12(14(16)17)8-11(3)18-13/h8-9H,4-7,10H2,1-3H3,(H3,16,17). The molecule has 19 heavy (non-hydrogen) atoms. The quantitative estimate of drug-likeness (QED) is 0.646. The summed E-state index contributed by atoms with van der Waals surface area (Å²) in [7, 11) is 0. The van der Waals surface area contributed by atoms with Gasteiger partial charge in [0.05, 0.1) is 0 Å².